The minimum Gasteiger partial charge on any atom is -0.481 e. The lowest BCUT2D eigenvalue weighted by atomic mass is 10.3. The molecule has 1 atom stereocenters. The summed E-state index contributed by atoms with van der Waals surface area (Å²) in [5.41, 5.74) is 0. The Kier molecular flexibility index (Phi) is 5.85. The van der Waals surface area contributed by atoms with Crippen LogP contribution < -0.4 is 10.1 Å². The second kappa shape index (κ2) is 7.39. The lowest BCUT2D eigenvalue weighted by Crippen LogP contribution is -2.45. The second-order valence-electron chi connectivity index (χ2n) is 3.78. The summed E-state index contributed by atoms with van der Waals surface area (Å²) in [6.07, 6.45) is 0. The maximum atomic E-state index is 13.2. The standard InChI is InChI=1S/C12H13F2NO5/c1-19-5-9(12(17)18)15-11(16)6-20-10-3-2-7(13)4-8(10)14/h2-4,9H,5-6H2,1H3,(H,15,16)(H,17,18). The Balaban J connectivity index is 2.52. The van der Waals surface area contributed by atoms with Crippen LogP contribution in [0.1, 0.15) is 0 Å². The van der Waals surface area contributed by atoms with E-state index in [4.69, 9.17) is 9.84 Å². The summed E-state index contributed by atoms with van der Waals surface area (Å²) in [7, 11) is 1.28. The van der Waals surface area contributed by atoms with Gasteiger partial charge in [0.15, 0.2) is 24.2 Å². The highest BCUT2D eigenvalue weighted by atomic mass is 19.1. The molecule has 1 rings (SSSR count). The highest BCUT2D eigenvalue weighted by Gasteiger charge is 2.20. The van der Waals surface area contributed by atoms with Crippen molar-refractivity contribution in [2.24, 2.45) is 0 Å². The molecule has 0 aliphatic heterocycles. The number of ether oxygens (including phenoxy) is 2. The number of hydrogen-bond donors (Lipinski definition) is 2. The van der Waals surface area contributed by atoms with E-state index in [2.05, 4.69) is 10.1 Å². The molecule has 0 spiro atoms. The normalized spacial score (nSPS) is 11.8. The van der Waals surface area contributed by atoms with Crippen molar-refractivity contribution in [3.63, 3.8) is 0 Å². The minimum absolute atomic E-state index is 0.216. The van der Waals surface area contributed by atoms with E-state index >= 15 is 0 Å². The molecule has 1 amide bonds. The molecule has 1 aromatic rings. The Hall–Kier alpha value is -2.22. The summed E-state index contributed by atoms with van der Waals surface area (Å²) >= 11 is 0. The van der Waals surface area contributed by atoms with Crippen molar-refractivity contribution >= 4 is 11.9 Å². The molecule has 0 heterocycles. The summed E-state index contributed by atoms with van der Waals surface area (Å²) in [5, 5.41) is 10.9. The van der Waals surface area contributed by atoms with Gasteiger partial charge in [-0.05, 0) is 12.1 Å². The zero-order valence-electron chi connectivity index (χ0n) is 10.6. The Bertz CT molecular complexity index is 495. The van der Waals surface area contributed by atoms with Crippen LogP contribution in [0.5, 0.6) is 5.75 Å². The van der Waals surface area contributed by atoms with Gasteiger partial charge >= 0.3 is 5.97 Å². The molecular weight excluding hydrogens is 276 g/mol. The minimum atomic E-state index is -1.27. The molecule has 0 fully saturated rings. The van der Waals surface area contributed by atoms with Crippen molar-refractivity contribution < 1.29 is 33.0 Å². The number of carbonyl (C=O) groups excluding carboxylic acids is 1. The largest absolute Gasteiger partial charge is 0.481 e. The fourth-order valence-corrected chi connectivity index (χ4v) is 1.31. The summed E-state index contributed by atoms with van der Waals surface area (Å²) in [4.78, 5) is 22.2. The zero-order valence-corrected chi connectivity index (χ0v) is 10.6. The first-order valence-corrected chi connectivity index (χ1v) is 5.53. The van der Waals surface area contributed by atoms with Gasteiger partial charge in [0.05, 0.1) is 6.61 Å². The highest BCUT2D eigenvalue weighted by Crippen LogP contribution is 2.17. The first-order chi connectivity index (χ1) is 9.43. The van der Waals surface area contributed by atoms with Gasteiger partial charge in [-0.1, -0.05) is 0 Å². The van der Waals surface area contributed by atoms with Crippen molar-refractivity contribution in [3.8, 4) is 5.75 Å². The van der Waals surface area contributed by atoms with E-state index in [0.29, 0.717) is 6.07 Å². The zero-order chi connectivity index (χ0) is 15.1. The molecule has 110 valence electrons. The average Bonchev–Trinajstić information content (AvgIpc) is 2.37. The van der Waals surface area contributed by atoms with Crippen molar-refractivity contribution in [1.82, 2.24) is 5.32 Å². The van der Waals surface area contributed by atoms with Gasteiger partial charge in [0, 0.05) is 13.2 Å². The van der Waals surface area contributed by atoms with Crippen LogP contribution in [-0.2, 0) is 14.3 Å². The first-order valence-electron chi connectivity index (χ1n) is 5.53. The van der Waals surface area contributed by atoms with Crippen molar-refractivity contribution in [2.75, 3.05) is 20.3 Å². The number of aliphatic carboxylic acids is 1. The first kappa shape index (κ1) is 15.8. The molecule has 20 heavy (non-hydrogen) atoms. The average molecular weight is 289 g/mol. The third-order valence-corrected chi connectivity index (χ3v) is 2.22. The van der Waals surface area contributed by atoms with E-state index in [-0.39, 0.29) is 12.4 Å². The Morgan fingerprint density at radius 2 is 2.10 bits per heavy atom. The predicted octanol–water partition coefficient (Wildman–Crippen LogP) is 0.559. The number of carboxylic acids is 1. The molecule has 0 aliphatic carbocycles. The number of amides is 1. The number of hydrogen-bond acceptors (Lipinski definition) is 4. The van der Waals surface area contributed by atoms with Crippen molar-refractivity contribution in [3.05, 3.63) is 29.8 Å². The van der Waals surface area contributed by atoms with Crippen LogP contribution in [0.25, 0.3) is 0 Å². The number of carboxylic acid groups (broad SMARTS) is 1. The van der Waals surface area contributed by atoms with E-state index in [1.54, 1.807) is 0 Å². The summed E-state index contributed by atoms with van der Waals surface area (Å²) < 4.78 is 35.3. The van der Waals surface area contributed by atoms with Gasteiger partial charge < -0.3 is 19.9 Å². The number of methoxy groups -OCH3 is 1. The maximum Gasteiger partial charge on any atom is 0.328 e. The van der Waals surface area contributed by atoms with Gasteiger partial charge in [-0.2, -0.15) is 0 Å². The van der Waals surface area contributed by atoms with Gasteiger partial charge in [-0.25, -0.2) is 13.6 Å². The number of benzene rings is 1. The van der Waals surface area contributed by atoms with Crippen LogP contribution >= 0.6 is 0 Å². The highest BCUT2D eigenvalue weighted by molar-refractivity contribution is 5.84. The van der Waals surface area contributed by atoms with Crippen LogP contribution in [-0.4, -0.2) is 43.3 Å². The van der Waals surface area contributed by atoms with Gasteiger partial charge in [-0.15, -0.1) is 0 Å². The van der Waals surface area contributed by atoms with Crippen LogP contribution in [0.15, 0.2) is 18.2 Å². The molecule has 0 aromatic heterocycles. The van der Waals surface area contributed by atoms with Gasteiger partial charge in [0.2, 0.25) is 0 Å². The smallest absolute Gasteiger partial charge is 0.328 e. The van der Waals surface area contributed by atoms with Crippen LogP contribution in [0, 0.1) is 11.6 Å². The molecule has 0 bridgehead atoms. The predicted molar refractivity (Wildman–Crippen MR) is 63.3 cm³/mol. The van der Waals surface area contributed by atoms with Gasteiger partial charge in [-0.3, -0.25) is 4.79 Å². The lowest BCUT2D eigenvalue weighted by Gasteiger charge is -2.14. The summed E-state index contributed by atoms with van der Waals surface area (Å²) in [6.45, 7) is -0.817. The third-order valence-electron chi connectivity index (χ3n) is 2.22. The van der Waals surface area contributed by atoms with Gasteiger partial charge in [0.1, 0.15) is 5.82 Å². The number of halogens is 2. The van der Waals surface area contributed by atoms with E-state index in [1.165, 1.54) is 7.11 Å². The van der Waals surface area contributed by atoms with Crippen molar-refractivity contribution in [2.45, 2.75) is 6.04 Å². The van der Waals surface area contributed by atoms with E-state index in [1.807, 2.05) is 0 Å². The van der Waals surface area contributed by atoms with E-state index in [0.717, 1.165) is 12.1 Å². The molecule has 8 heteroatoms. The summed E-state index contributed by atoms with van der Waals surface area (Å²) in [6, 6.07) is 1.38. The molecule has 0 saturated carbocycles. The molecule has 6 nitrogen and oxygen atoms in total. The van der Waals surface area contributed by atoms with E-state index in [9.17, 15) is 18.4 Å². The Labute approximate surface area is 113 Å². The SMILES string of the molecule is COCC(NC(=O)COc1ccc(F)cc1F)C(=O)O. The molecule has 0 aliphatic rings. The molecule has 2 N–H and O–H groups in total. The van der Waals surface area contributed by atoms with Crippen LogP contribution in [0.2, 0.25) is 0 Å². The second-order valence-corrected chi connectivity index (χ2v) is 3.78. The quantitative estimate of drug-likeness (QED) is 0.766. The number of carbonyl (C=O) groups is 2. The van der Waals surface area contributed by atoms with E-state index < -0.39 is 36.2 Å². The van der Waals surface area contributed by atoms with Gasteiger partial charge in [0.25, 0.3) is 5.91 Å². The molecule has 0 saturated heterocycles. The lowest BCUT2D eigenvalue weighted by molar-refractivity contribution is -0.143. The third kappa shape index (κ3) is 4.81. The van der Waals surface area contributed by atoms with Crippen molar-refractivity contribution in [1.29, 1.82) is 0 Å². The molecule has 1 aromatic carbocycles. The molecule has 1 unspecified atom stereocenters. The Morgan fingerprint density at radius 3 is 2.65 bits per heavy atom. The Morgan fingerprint density at radius 1 is 1.40 bits per heavy atom. The number of nitrogens with one attached hydrogen (secondary N) is 1. The monoisotopic (exact) mass is 289 g/mol. The topological polar surface area (TPSA) is 84.9 Å². The number of rotatable bonds is 7. The molecular formula is C12H13F2NO5. The molecule has 0 radical (unpaired) electrons. The van der Waals surface area contributed by atoms with Crippen LogP contribution in [0.4, 0.5) is 8.78 Å². The summed E-state index contributed by atoms with van der Waals surface area (Å²) in [5.74, 6) is -4.07. The fraction of sp³-hybridized carbons (Fsp3) is 0.333. The van der Waals surface area contributed by atoms with Crippen LogP contribution in [0.3, 0.4) is 0 Å². The fourth-order valence-electron chi connectivity index (χ4n) is 1.31. The maximum absolute atomic E-state index is 13.2.